The van der Waals surface area contributed by atoms with Crippen molar-refractivity contribution in [2.45, 2.75) is 26.8 Å². The summed E-state index contributed by atoms with van der Waals surface area (Å²) in [7, 11) is 0. The number of carbonyl (C=O) groups is 3. The molecule has 1 unspecified atom stereocenters. The molecule has 0 aliphatic heterocycles. The highest BCUT2D eigenvalue weighted by molar-refractivity contribution is 7.14. The summed E-state index contributed by atoms with van der Waals surface area (Å²) in [6.45, 7) is 4.83. The topological polar surface area (TPSA) is 116 Å². The first-order valence-corrected chi connectivity index (χ1v) is 9.80. The number of benzene rings is 1. The Morgan fingerprint density at radius 3 is 2.45 bits per heavy atom. The van der Waals surface area contributed by atoms with Gasteiger partial charge in [-0.1, -0.05) is 25.4 Å². The predicted octanol–water partition coefficient (Wildman–Crippen LogP) is 3.80. The van der Waals surface area contributed by atoms with Crippen LogP contribution >= 0.6 is 22.9 Å². The van der Waals surface area contributed by atoms with Crippen LogP contribution in [-0.2, 0) is 9.53 Å². The molecule has 10 heteroatoms. The molecule has 0 spiro atoms. The fourth-order valence-electron chi connectivity index (χ4n) is 2.40. The fourth-order valence-corrected chi connectivity index (χ4v) is 3.45. The number of hydrogen-bond donors (Lipinski definition) is 1. The lowest BCUT2D eigenvalue weighted by atomic mass is 10.0. The zero-order valence-electron chi connectivity index (χ0n) is 15.9. The number of ether oxygens (including phenoxy) is 1. The molecule has 1 atom stereocenters. The van der Waals surface area contributed by atoms with Crippen LogP contribution in [0.15, 0.2) is 30.3 Å². The van der Waals surface area contributed by atoms with E-state index in [1.54, 1.807) is 26.0 Å². The van der Waals surface area contributed by atoms with Gasteiger partial charge < -0.3 is 10.1 Å². The highest BCUT2D eigenvalue weighted by Gasteiger charge is 2.28. The standard InChI is InChI=1S/C19H19ClN2O6S/c1-10(2)17(19(25)28-9-15(23)16-7-4-11(3)29-16)21-18(24)13-6-5-12(22(26)27)8-14(13)20/h4-8,10,17H,9H2,1-3H3,(H,21,24). The number of non-ortho nitro benzene ring substituents is 1. The Morgan fingerprint density at radius 2 is 1.93 bits per heavy atom. The van der Waals surface area contributed by atoms with Gasteiger partial charge in [0.2, 0.25) is 5.78 Å². The molecule has 0 aliphatic rings. The second kappa shape index (κ2) is 9.62. The number of nitrogens with zero attached hydrogens (tertiary/aromatic N) is 1. The average molecular weight is 439 g/mol. The van der Waals surface area contributed by atoms with Crippen LogP contribution in [0.25, 0.3) is 0 Å². The van der Waals surface area contributed by atoms with E-state index in [0.29, 0.717) is 4.88 Å². The molecular formula is C19H19ClN2O6S. The van der Waals surface area contributed by atoms with Crippen molar-refractivity contribution in [1.82, 2.24) is 5.32 Å². The molecule has 1 heterocycles. The van der Waals surface area contributed by atoms with E-state index in [0.717, 1.165) is 17.0 Å². The Kier molecular flexibility index (Phi) is 7.46. The number of ketones is 1. The number of halogens is 1. The van der Waals surface area contributed by atoms with Gasteiger partial charge in [-0.25, -0.2) is 4.79 Å². The summed E-state index contributed by atoms with van der Waals surface area (Å²) in [6.07, 6.45) is 0. The number of amides is 1. The molecule has 154 valence electrons. The van der Waals surface area contributed by atoms with E-state index in [1.807, 2.05) is 6.92 Å². The predicted molar refractivity (Wildman–Crippen MR) is 109 cm³/mol. The molecule has 29 heavy (non-hydrogen) atoms. The first-order chi connectivity index (χ1) is 13.6. The second-order valence-electron chi connectivity index (χ2n) is 6.56. The summed E-state index contributed by atoms with van der Waals surface area (Å²) < 4.78 is 5.09. The molecule has 1 N–H and O–H groups in total. The molecule has 0 bridgehead atoms. The molecule has 0 aliphatic carbocycles. The van der Waals surface area contributed by atoms with Gasteiger partial charge in [-0.2, -0.15) is 0 Å². The molecule has 0 saturated carbocycles. The van der Waals surface area contributed by atoms with E-state index in [2.05, 4.69) is 5.32 Å². The quantitative estimate of drug-likeness (QED) is 0.290. The minimum absolute atomic E-state index is 0.0131. The number of aryl methyl sites for hydroxylation is 1. The molecule has 0 radical (unpaired) electrons. The maximum Gasteiger partial charge on any atom is 0.329 e. The molecule has 2 rings (SSSR count). The lowest BCUT2D eigenvalue weighted by molar-refractivity contribution is -0.384. The third kappa shape index (κ3) is 5.85. The van der Waals surface area contributed by atoms with Crippen LogP contribution in [-0.4, -0.2) is 35.2 Å². The normalized spacial score (nSPS) is 11.8. The fraction of sp³-hybridized carbons (Fsp3) is 0.316. The number of Topliss-reactive ketones (excluding diaryl/α,β-unsaturated/α-hetero) is 1. The van der Waals surface area contributed by atoms with Crippen molar-refractivity contribution in [3.05, 3.63) is 60.8 Å². The monoisotopic (exact) mass is 438 g/mol. The molecule has 1 aromatic heterocycles. The summed E-state index contributed by atoms with van der Waals surface area (Å²) in [6, 6.07) is 5.85. The highest BCUT2D eigenvalue weighted by Crippen LogP contribution is 2.23. The first kappa shape index (κ1) is 22.5. The minimum Gasteiger partial charge on any atom is -0.456 e. The van der Waals surface area contributed by atoms with Crippen LogP contribution in [0, 0.1) is 23.0 Å². The summed E-state index contributed by atoms with van der Waals surface area (Å²) in [5.41, 5.74) is -0.269. The zero-order chi connectivity index (χ0) is 21.7. The van der Waals surface area contributed by atoms with Crippen molar-refractivity contribution in [1.29, 1.82) is 0 Å². The molecular weight excluding hydrogens is 420 g/mol. The van der Waals surface area contributed by atoms with Gasteiger partial charge in [0.05, 0.1) is 20.4 Å². The van der Waals surface area contributed by atoms with Gasteiger partial charge >= 0.3 is 5.97 Å². The number of nitrogens with one attached hydrogen (secondary N) is 1. The third-order valence-corrected chi connectivity index (χ3v) is 5.33. The highest BCUT2D eigenvalue weighted by atomic mass is 35.5. The van der Waals surface area contributed by atoms with Gasteiger partial charge in [-0.05, 0) is 31.0 Å². The van der Waals surface area contributed by atoms with Crippen molar-refractivity contribution in [3.63, 3.8) is 0 Å². The summed E-state index contributed by atoms with van der Waals surface area (Å²) in [4.78, 5) is 48.6. The number of thiophene rings is 1. The molecule has 1 amide bonds. The minimum atomic E-state index is -1.02. The van der Waals surface area contributed by atoms with Gasteiger partial charge in [0.1, 0.15) is 6.04 Å². The van der Waals surface area contributed by atoms with Gasteiger partial charge in [0.25, 0.3) is 11.6 Å². The number of rotatable bonds is 8. The number of nitro groups is 1. The van der Waals surface area contributed by atoms with E-state index in [-0.39, 0.29) is 28.0 Å². The molecule has 1 aromatic carbocycles. The van der Waals surface area contributed by atoms with E-state index in [9.17, 15) is 24.5 Å². The van der Waals surface area contributed by atoms with Crippen molar-refractivity contribution in [3.8, 4) is 0 Å². The van der Waals surface area contributed by atoms with Crippen molar-refractivity contribution in [2.75, 3.05) is 6.61 Å². The maximum atomic E-state index is 12.5. The first-order valence-electron chi connectivity index (χ1n) is 8.61. The van der Waals surface area contributed by atoms with E-state index >= 15 is 0 Å². The molecule has 2 aromatic rings. The average Bonchev–Trinajstić information content (AvgIpc) is 3.09. The van der Waals surface area contributed by atoms with Crippen LogP contribution in [0.1, 0.15) is 38.8 Å². The molecule has 8 nitrogen and oxygen atoms in total. The van der Waals surface area contributed by atoms with E-state index in [1.165, 1.54) is 17.4 Å². The van der Waals surface area contributed by atoms with Crippen LogP contribution in [0.4, 0.5) is 5.69 Å². The van der Waals surface area contributed by atoms with Gasteiger partial charge in [0, 0.05) is 17.0 Å². The van der Waals surface area contributed by atoms with Crippen molar-refractivity contribution < 1.29 is 24.0 Å². The van der Waals surface area contributed by atoms with Crippen LogP contribution in [0.2, 0.25) is 5.02 Å². The Morgan fingerprint density at radius 1 is 1.24 bits per heavy atom. The second-order valence-corrected chi connectivity index (χ2v) is 8.25. The third-order valence-electron chi connectivity index (χ3n) is 3.98. The van der Waals surface area contributed by atoms with Gasteiger partial charge in [-0.3, -0.25) is 19.7 Å². The Hall–Kier alpha value is -2.78. The number of hydrogen-bond acceptors (Lipinski definition) is 7. The van der Waals surface area contributed by atoms with E-state index < -0.39 is 29.4 Å². The lowest BCUT2D eigenvalue weighted by Gasteiger charge is -2.21. The largest absolute Gasteiger partial charge is 0.456 e. The van der Waals surface area contributed by atoms with Gasteiger partial charge in [-0.15, -0.1) is 11.3 Å². The van der Waals surface area contributed by atoms with Crippen LogP contribution < -0.4 is 5.32 Å². The SMILES string of the molecule is Cc1ccc(C(=O)COC(=O)C(NC(=O)c2ccc([N+](=O)[O-])cc2Cl)C(C)C)s1. The Labute approximate surface area is 176 Å². The summed E-state index contributed by atoms with van der Waals surface area (Å²) >= 11 is 7.26. The molecule has 0 fully saturated rings. The zero-order valence-corrected chi connectivity index (χ0v) is 17.5. The van der Waals surface area contributed by atoms with E-state index in [4.69, 9.17) is 16.3 Å². The van der Waals surface area contributed by atoms with Crippen molar-refractivity contribution >= 4 is 46.3 Å². The number of carbonyl (C=O) groups excluding carboxylic acids is 3. The van der Waals surface area contributed by atoms with Crippen LogP contribution in [0.3, 0.4) is 0 Å². The lowest BCUT2D eigenvalue weighted by Crippen LogP contribution is -2.45. The maximum absolute atomic E-state index is 12.5. The van der Waals surface area contributed by atoms with Crippen LogP contribution in [0.5, 0.6) is 0 Å². The van der Waals surface area contributed by atoms with Crippen molar-refractivity contribution in [2.24, 2.45) is 5.92 Å². The summed E-state index contributed by atoms with van der Waals surface area (Å²) in [5, 5.41) is 13.2. The number of nitro benzene ring substituents is 1. The number of esters is 1. The van der Waals surface area contributed by atoms with Gasteiger partial charge in [0.15, 0.2) is 6.61 Å². The molecule has 0 saturated heterocycles. The smallest absolute Gasteiger partial charge is 0.329 e. The Bertz CT molecular complexity index is 956. The Balaban J connectivity index is 2.05. The summed E-state index contributed by atoms with van der Waals surface area (Å²) in [5.74, 6) is -2.10.